The molecule has 0 bridgehead atoms. The Labute approximate surface area is 175 Å². The van der Waals surface area contributed by atoms with Crippen molar-refractivity contribution in [1.82, 2.24) is 10.6 Å². The van der Waals surface area contributed by atoms with Crippen molar-refractivity contribution >= 4 is 11.9 Å². The summed E-state index contributed by atoms with van der Waals surface area (Å²) >= 11 is 0. The van der Waals surface area contributed by atoms with E-state index in [-0.39, 0.29) is 18.4 Å². The van der Waals surface area contributed by atoms with Crippen molar-refractivity contribution < 1.29 is 14.3 Å². The van der Waals surface area contributed by atoms with E-state index >= 15 is 0 Å². The van der Waals surface area contributed by atoms with E-state index in [4.69, 9.17) is 4.74 Å². The third-order valence-corrected chi connectivity index (χ3v) is 4.13. The second-order valence-corrected chi connectivity index (χ2v) is 6.10. The highest BCUT2D eigenvalue weighted by Crippen LogP contribution is 2.25. The Hall–Kier alpha value is -1.10. The second-order valence-electron chi connectivity index (χ2n) is 6.10. The molecule has 1 rings (SSSR count). The predicted molar refractivity (Wildman–Crippen MR) is 122 cm³/mol. The molecular formula is C23H50N2O3. The Balaban J connectivity index is -0.000000946. The monoisotopic (exact) mass is 402 g/mol. The summed E-state index contributed by atoms with van der Waals surface area (Å²) in [6.07, 6.45) is 10.1. The first-order chi connectivity index (χ1) is 13.7. The molecule has 1 saturated carbocycles. The number of rotatable bonds is 11. The van der Waals surface area contributed by atoms with Crippen LogP contribution in [0.1, 0.15) is 106 Å². The Morgan fingerprint density at radius 2 is 1.43 bits per heavy atom. The average Bonchev–Trinajstić information content (AvgIpc) is 2.75. The van der Waals surface area contributed by atoms with Crippen molar-refractivity contribution in [3.05, 3.63) is 0 Å². The zero-order valence-electron chi connectivity index (χ0n) is 20.0. The summed E-state index contributed by atoms with van der Waals surface area (Å²) < 4.78 is 4.83. The molecule has 0 aromatic rings. The van der Waals surface area contributed by atoms with E-state index in [1.807, 2.05) is 41.5 Å². The molecule has 0 heterocycles. The number of ether oxygens (including phenoxy) is 1. The summed E-state index contributed by atoms with van der Waals surface area (Å²) in [6, 6.07) is 0. The number of hydrogen-bond acceptors (Lipinski definition) is 4. The maximum atomic E-state index is 11.8. The fourth-order valence-corrected chi connectivity index (χ4v) is 2.91. The zero-order chi connectivity index (χ0) is 22.0. The topological polar surface area (TPSA) is 67.4 Å². The number of nitrogens with one attached hydrogen (secondary N) is 2. The van der Waals surface area contributed by atoms with Gasteiger partial charge in [0.15, 0.2) is 0 Å². The fraction of sp³-hybridized carbons (Fsp3) is 0.913. The summed E-state index contributed by atoms with van der Waals surface area (Å²) in [4.78, 5) is 22.9. The van der Waals surface area contributed by atoms with E-state index in [9.17, 15) is 9.59 Å². The summed E-state index contributed by atoms with van der Waals surface area (Å²) in [5, 5.41) is 6.08. The largest absolute Gasteiger partial charge is 0.465 e. The van der Waals surface area contributed by atoms with Crippen LogP contribution in [0, 0.1) is 5.92 Å². The molecule has 1 aliphatic rings. The second kappa shape index (κ2) is 28.1. The van der Waals surface area contributed by atoms with E-state index in [0.717, 1.165) is 32.4 Å². The van der Waals surface area contributed by atoms with Crippen LogP contribution in [0.25, 0.3) is 0 Å². The summed E-state index contributed by atoms with van der Waals surface area (Å²) in [5.74, 6) is 0.630. The van der Waals surface area contributed by atoms with Gasteiger partial charge in [0.25, 0.3) is 0 Å². The van der Waals surface area contributed by atoms with Crippen molar-refractivity contribution in [3.63, 3.8) is 0 Å². The lowest BCUT2D eigenvalue weighted by Crippen LogP contribution is -2.27. The van der Waals surface area contributed by atoms with Gasteiger partial charge in [-0.05, 0) is 45.1 Å². The lowest BCUT2D eigenvalue weighted by Gasteiger charge is -2.20. The van der Waals surface area contributed by atoms with Gasteiger partial charge in [0.05, 0.1) is 13.2 Å². The number of amides is 1. The van der Waals surface area contributed by atoms with Crippen LogP contribution in [0.15, 0.2) is 0 Å². The summed E-state index contributed by atoms with van der Waals surface area (Å²) in [6.45, 7) is 16.1. The molecule has 5 heteroatoms. The molecule has 0 unspecified atom stereocenters. The van der Waals surface area contributed by atoms with Gasteiger partial charge in [0.1, 0.15) is 0 Å². The zero-order valence-corrected chi connectivity index (χ0v) is 20.0. The Morgan fingerprint density at radius 1 is 0.857 bits per heavy atom. The first-order valence-electron chi connectivity index (χ1n) is 11.9. The average molecular weight is 403 g/mol. The van der Waals surface area contributed by atoms with Gasteiger partial charge in [-0.25, -0.2) is 0 Å². The van der Waals surface area contributed by atoms with E-state index < -0.39 is 0 Å². The predicted octanol–water partition coefficient (Wildman–Crippen LogP) is 5.47. The van der Waals surface area contributed by atoms with Gasteiger partial charge in [-0.2, -0.15) is 0 Å². The minimum Gasteiger partial charge on any atom is -0.465 e. The van der Waals surface area contributed by atoms with Crippen LogP contribution in [0.2, 0.25) is 0 Å². The smallest absolute Gasteiger partial charge is 0.319 e. The number of hydrogen-bond donors (Lipinski definition) is 2. The molecule has 1 amide bonds. The van der Waals surface area contributed by atoms with Crippen molar-refractivity contribution in [2.24, 2.45) is 5.92 Å². The highest BCUT2D eigenvalue weighted by molar-refractivity contribution is 5.76. The van der Waals surface area contributed by atoms with E-state index in [0.29, 0.717) is 18.9 Å². The molecule has 28 heavy (non-hydrogen) atoms. The van der Waals surface area contributed by atoms with Crippen molar-refractivity contribution in [2.45, 2.75) is 106 Å². The van der Waals surface area contributed by atoms with E-state index in [2.05, 4.69) is 10.6 Å². The number of esters is 1. The minimum atomic E-state index is -0.197. The molecule has 0 radical (unpaired) electrons. The van der Waals surface area contributed by atoms with Crippen LogP contribution < -0.4 is 10.6 Å². The van der Waals surface area contributed by atoms with Gasteiger partial charge in [-0.1, -0.05) is 67.2 Å². The van der Waals surface area contributed by atoms with Crippen molar-refractivity contribution in [3.8, 4) is 0 Å². The first kappa shape index (κ1) is 31.6. The van der Waals surface area contributed by atoms with E-state index in [1.54, 1.807) is 6.92 Å². The summed E-state index contributed by atoms with van der Waals surface area (Å²) in [5.41, 5.74) is 0. The van der Waals surface area contributed by atoms with Gasteiger partial charge < -0.3 is 15.4 Å². The molecule has 0 saturated heterocycles. The maximum Gasteiger partial charge on any atom is 0.319 e. The Bertz CT molecular complexity index is 317. The molecule has 1 fully saturated rings. The fourth-order valence-electron chi connectivity index (χ4n) is 2.91. The molecule has 1 aliphatic carbocycles. The molecule has 0 spiro atoms. The molecule has 5 nitrogen and oxygen atoms in total. The highest BCUT2D eigenvalue weighted by atomic mass is 16.5. The van der Waals surface area contributed by atoms with Crippen LogP contribution in [0.3, 0.4) is 0 Å². The third-order valence-electron chi connectivity index (χ3n) is 4.13. The molecule has 170 valence electrons. The molecule has 2 N–H and O–H groups in total. The van der Waals surface area contributed by atoms with Crippen LogP contribution in [0.4, 0.5) is 0 Å². The van der Waals surface area contributed by atoms with Crippen LogP contribution in [0.5, 0.6) is 0 Å². The Morgan fingerprint density at radius 3 is 2.00 bits per heavy atom. The molecule has 0 aromatic carbocycles. The van der Waals surface area contributed by atoms with Crippen molar-refractivity contribution in [2.75, 3.05) is 26.2 Å². The lowest BCUT2D eigenvalue weighted by atomic mass is 9.87. The van der Waals surface area contributed by atoms with Gasteiger partial charge in [-0.15, -0.1) is 0 Å². The normalized spacial score (nSPS) is 12.8. The first-order valence-corrected chi connectivity index (χ1v) is 11.9. The minimum absolute atomic E-state index is 0.197. The van der Waals surface area contributed by atoms with Crippen molar-refractivity contribution in [1.29, 1.82) is 0 Å². The number of carbonyl (C=O) groups excluding carboxylic acids is 2. The van der Waals surface area contributed by atoms with E-state index in [1.165, 1.54) is 32.1 Å². The van der Waals surface area contributed by atoms with Crippen LogP contribution in [-0.4, -0.2) is 38.1 Å². The van der Waals surface area contributed by atoms with Gasteiger partial charge in [-0.3, -0.25) is 9.59 Å². The van der Waals surface area contributed by atoms with Gasteiger partial charge in [0, 0.05) is 13.0 Å². The van der Waals surface area contributed by atoms with Gasteiger partial charge >= 0.3 is 5.97 Å². The SMILES string of the molecule is CC.CC.CC.CCOC(=O)CNCCCCCNC(=O)CC1CCCCC1. The molecular weight excluding hydrogens is 352 g/mol. The number of carbonyl (C=O) groups is 2. The number of unbranched alkanes of at least 4 members (excludes halogenated alkanes) is 2. The summed E-state index contributed by atoms with van der Waals surface area (Å²) in [7, 11) is 0. The van der Waals surface area contributed by atoms with Crippen LogP contribution >= 0.6 is 0 Å². The quantitative estimate of drug-likeness (QED) is 0.355. The molecule has 0 aliphatic heterocycles. The van der Waals surface area contributed by atoms with Crippen LogP contribution in [-0.2, 0) is 14.3 Å². The van der Waals surface area contributed by atoms with Gasteiger partial charge in [0.2, 0.25) is 5.91 Å². The third kappa shape index (κ3) is 22.9. The lowest BCUT2D eigenvalue weighted by molar-refractivity contribution is -0.142. The molecule has 0 atom stereocenters. The molecule has 0 aromatic heterocycles. The standard InChI is InChI=1S/C17H32N2O3.3C2H6/c1-2-22-17(21)14-18-11-7-4-8-12-19-16(20)13-15-9-5-3-6-10-15;3*1-2/h15,18H,2-14H2,1H3,(H,19,20);3*1-2H3. The maximum absolute atomic E-state index is 11.8. The Kier molecular flexibility index (Phi) is 31.7. The highest BCUT2D eigenvalue weighted by Gasteiger charge is 2.16.